The second-order valence-corrected chi connectivity index (χ2v) is 4.85. The first-order chi connectivity index (χ1) is 9.43. The number of hydrogen-bond donors (Lipinski definition) is 1. The molecule has 0 atom stereocenters. The maximum Gasteiger partial charge on any atom is 0.375 e. The van der Waals surface area contributed by atoms with Crippen molar-refractivity contribution in [1.29, 1.82) is 5.26 Å². The predicted octanol–water partition coefficient (Wildman–Crippen LogP) is 2.61. The Hall–Kier alpha value is -2.39. The van der Waals surface area contributed by atoms with Crippen LogP contribution in [-0.2, 0) is 0 Å². The maximum absolute atomic E-state index is 11.0. The van der Waals surface area contributed by atoms with Crippen molar-refractivity contribution >= 4 is 17.6 Å². The van der Waals surface area contributed by atoms with Gasteiger partial charge in [-0.1, -0.05) is 25.4 Å². The van der Waals surface area contributed by atoms with E-state index in [1.807, 2.05) is 19.9 Å². The molecule has 0 aliphatic carbocycles. The van der Waals surface area contributed by atoms with Crippen LogP contribution in [0, 0.1) is 11.3 Å². The summed E-state index contributed by atoms with van der Waals surface area (Å²) < 4.78 is 1.40. The summed E-state index contributed by atoms with van der Waals surface area (Å²) in [5, 5.41) is 22.1. The molecule has 0 radical (unpaired) electrons. The summed E-state index contributed by atoms with van der Waals surface area (Å²) in [7, 11) is 0. The van der Waals surface area contributed by atoms with Crippen molar-refractivity contribution in [2.75, 3.05) is 0 Å². The zero-order valence-electron chi connectivity index (χ0n) is 10.8. The summed E-state index contributed by atoms with van der Waals surface area (Å²) in [4.78, 5) is 15.0. The van der Waals surface area contributed by atoms with Crippen LogP contribution in [0.1, 0.15) is 41.8 Å². The van der Waals surface area contributed by atoms with Gasteiger partial charge in [-0.15, -0.1) is 5.10 Å². The largest absolute Gasteiger partial charge is 0.475 e. The molecule has 0 bridgehead atoms. The number of hydrogen-bond acceptors (Lipinski definition) is 4. The molecule has 20 heavy (non-hydrogen) atoms. The first kappa shape index (κ1) is 14.0. The smallest absolute Gasteiger partial charge is 0.375 e. The van der Waals surface area contributed by atoms with Gasteiger partial charge in [-0.2, -0.15) is 5.26 Å². The number of nitrogens with zero attached hydrogens (tertiary/aromatic N) is 4. The van der Waals surface area contributed by atoms with Crippen molar-refractivity contribution in [3.05, 3.63) is 40.4 Å². The summed E-state index contributed by atoms with van der Waals surface area (Å²) in [6.45, 7) is 3.76. The number of carboxylic acids is 1. The zero-order chi connectivity index (χ0) is 14.9. The predicted molar refractivity (Wildman–Crippen MR) is 72.1 cm³/mol. The molecule has 6 nitrogen and oxygen atoms in total. The van der Waals surface area contributed by atoms with Crippen LogP contribution in [0.3, 0.4) is 0 Å². The van der Waals surface area contributed by atoms with Crippen molar-refractivity contribution in [3.8, 4) is 11.8 Å². The summed E-state index contributed by atoms with van der Waals surface area (Å²) in [5.74, 6) is -1.01. The lowest BCUT2D eigenvalue weighted by Gasteiger charge is -2.09. The van der Waals surface area contributed by atoms with Crippen LogP contribution in [0.2, 0.25) is 5.02 Å². The fraction of sp³-hybridized carbons (Fsp3) is 0.231. The van der Waals surface area contributed by atoms with Crippen molar-refractivity contribution < 1.29 is 9.90 Å². The number of halogens is 1. The number of aromatic nitrogens is 3. The van der Waals surface area contributed by atoms with E-state index in [4.69, 9.17) is 22.0 Å². The number of aromatic carboxylic acids is 1. The van der Waals surface area contributed by atoms with E-state index in [9.17, 15) is 4.79 Å². The zero-order valence-corrected chi connectivity index (χ0v) is 11.6. The normalized spacial score (nSPS) is 10.6. The minimum absolute atomic E-state index is 0.0256. The molecule has 1 aromatic carbocycles. The molecule has 7 heteroatoms. The number of carboxylic acid groups (broad SMARTS) is 1. The molecule has 102 valence electrons. The Morgan fingerprint density at radius 1 is 1.50 bits per heavy atom. The lowest BCUT2D eigenvalue weighted by atomic mass is 10.2. The Morgan fingerprint density at radius 3 is 2.70 bits per heavy atom. The van der Waals surface area contributed by atoms with Gasteiger partial charge < -0.3 is 5.11 Å². The summed E-state index contributed by atoms with van der Waals surface area (Å²) in [5.41, 5.74) is 0.915. The monoisotopic (exact) mass is 290 g/mol. The Kier molecular flexibility index (Phi) is 3.72. The minimum atomic E-state index is -1.20. The average Bonchev–Trinajstić information content (AvgIpc) is 2.83. The van der Waals surface area contributed by atoms with Crippen molar-refractivity contribution in [2.45, 2.75) is 19.8 Å². The maximum atomic E-state index is 11.0. The fourth-order valence-corrected chi connectivity index (χ4v) is 1.97. The molecule has 0 unspecified atom stereocenters. The molecule has 2 rings (SSSR count). The van der Waals surface area contributed by atoms with Gasteiger partial charge >= 0.3 is 5.97 Å². The third-order valence-corrected chi connectivity index (χ3v) is 2.95. The second-order valence-electron chi connectivity index (χ2n) is 4.44. The van der Waals surface area contributed by atoms with E-state index in [1.54, 1.807) is 12.1 Å². The molecular formula is C13H11ClN4O2. The van der Waals surface area contributed by atoms with Crippen LogP contribution in [0.5, 0.6) is 0 Å². The van der Waals surface area contributed by atoms with E-state index >= 15 is 0 Å². The van der Waals surface area contributed by atoms with Gasteiger partial charge in [0.25, 0.3) is 5.82 Å². The molecule has 1 aromatic heterocycles. The standard InChI is InChI=1S/C13H11ClN4O2/c1-7(2)12-16-11(13(19)20)17-18(12)10-4-3-8(6-15)5-9(10)14/h3-5,7H,1-2H3,(H,19,20). The highest BCUT2D eigenvalue weighted by Crippen LogP contribution is 2.25. The first-order valence-electron chi connectivity index (χ1n) is 5.84. The van der Waals surface area contributed by atoms with Gasteiger partial charge in [0.15, 0.2) is 0 Å². The molecule has 0 saturated heterocycles. The van der Waals surface area contributed by atoms with E-state index < -0.39 is 5.97 Å². The number of carbonyl (C=O) groups is 1. The Labute approximate surface area is 120 Å². The van der Waals surface area contributed by atoms with Gasteiger partial charge in [0.1, 0.15) is 5.82 Å². The van der Waals surface area contributed by atoms with Gasteiger partial charge in [0.05, 0.1) is 22.3 Å². The van der Waals surface area contributed by atoms with Gasteiger partial charge in [-0.25, -0.2) is 14.5 Å². The fourth-order valence-electron chi connectivity index (χ4n) is 1.71. The highest BCUT2D eigenvalue weighted by molar-refractivity contribution is 6.32. The summed E-state index contributed by atoms with van der Waals surface area (Å²) in [6, 6.07) is 6.70. The molecule has 0 amide bonds. The van der Waals surface area contributed by atoms with Crippen LogP contribution >= 0.6 is 11.6 Å². The van der Waals surface area contributed by atoms with Crippen LogP contribution in [0.15, 0.2) is 18.2 Å². The van der Waals surface area contributed by atoms with E-state index in [1.165, 1.54) is 10.7 Å². The minimum Gasteiger partial charge on any atom is -0.475 e. The molecule has 2 aromatic rings. The van der Waals surface area contributed by atoms with Gasteiger partial charge in [-0.3, -0.25) is 0 Å². The third kappa shape index (κ3) is 2.49. The lowest BCUT2D eigenvalue weighted by molar-refractivity contribution is 0.0683. The van der Waals surface area contributed by atoms with Crippen molar-refractivity contribution in [3.63, 3.8) is 0 Å². The SMILES string of the molecule is CC(C)c1nc(C(=O)O)nn1-c1ccc(C#N)cc1Cl. The van der Waals surface area contributed by atoms with E-state index in [2.05, 4.69) is 10.1 Å². The quantitative estimate of drug-likeness (QED) is 0.938. The van der Waals surface area contributed by atoms with Crippen LogP contribution in [0.4, 0.5) is 0 Å². The first-order valence-corrected chi connectivity index (χ1v) is 6.22. The van der Waals surface area contributed by atoms with E-state index in [0.29, 0.717) is 22.1 Å². The number of nitriles is 1. The highest BCUT2D eigenvalue weighted by Gasteiger charge is 2.20. The topological polar surface area (TPSA) is 91.8 Å². The second kappa shape index (κ2) is 5.31. The van der Waals surface area contributed by atoms with Crippen LogP contribution < -0.4 is 0 Å². The number of rotatable bonds is 3. The molecule has 0 spiro atoms. The molecule has 1 heterocycles. The third-order valence-electron chi connectivity index (χ3n) is 2.64. The molecule has 1 N–H and O–H groups in total. The summed E-state index contributed by atoms with van der Waals surface area (Å²) >= 11 is 6.12. The van der Waals surface area contributed by atoms with Gasteiger partial charge in [0.2, 0.25) is 0 Å². The van der Waals surface area contributed by atoms with E-state index in [-0.39, 0.29) is 11.7 Å². The molecular weight excluding hydrogens is 280 g/mol. The molecule has 0 fully saturated rings. The van der Waals surface area contributed by atoms with Gasteiger partial charge in [0, 0.05) is 5.92 Å². The van der Waals surface area contributed by atoms with Crippen LogP contribution in [-0.4, -0.2) is 25.8 Å². The Bertz CT molecular complexity index is 716. The van der Waals surface area contributed by atoms with E-state index in [0.717, 1.165) is 0 Å². The van der Waals surface area contributed by atoms with Gasteiger partial charge in [-0.05, 0) is 18.2 Å². The highest BCUT2D eigenvalue weighted by atomic mass is 35.5. The van der Waals surface area contributed by atoms with Crippen molar-refractivity contribution in [1.82, 2.24) is 14.8 Å². The Morgan fingerprint density at radius 2 is 2.20 bits per heavy atom. The number of benzene rings is 1. The lowest BCUT2D eigenvalue weighted by Crippen LogP contribution is -2.06. The van der Waals surface area contributed by atoms with Crippen molar-refractivity contribution in [2.24, 2.45) is 0 Å². The molecule has 0 aliphatic heterocycles. The van der Waals surface area contributed by atoms with Crippen LogP contribution in [0.25, 0.3) is 5.69 Å². The molecule has 0 saturated carbocycles. The molecule has 0 aliphatic rings. The summed E-state index contributed by atoms with van der Waals surface area (Å²) in [6.07, 6.45) is 0. The average molecular weight is 291 g/mol. The Balaban J connectivity index is 2.63.